The van der Waals surface area contributed by atoms with E-state index in [-0.39, 0.29) is 12.3 Å². The molecule has 0 aliphatic heterocycles. The quantitative estimate of drug-likeness (QED) is 0.436. The largest absolute Gasteiger partial charge is 0.481 e. The second kappa shape index (κ2) is 7.25. The standard InChI is InChI=1S/C13H19N3O3/c14-10-6-9(7-11(15)8-10)13(19)16-5-3-1-2-4-12(17)18/h6-8H,1-5,14-15H2,(H,16,19)(H,17,18). The van der Waals surface area contributed by atoms with Crippen LogP contribution in [0, 0.1) is 0 Å². The number of hydrogen-bond acceptors (Lipinski definition) is 4. The van der Waals surface area contributed by atoms with Crippen LogP contribution in [-0.2, 0) is 4.79 Å². The highest BCUT2D eigenvalue weighted by molar-refractivity contribution is 5.96. The number of anilines is 2. The Kier molecular flexibility index (Phi) is 5.66. The van der Waals surface area contributed by atoms with E-state index < -0.39 is 5.97 Å². The van der Waals surface area contributed by atoms with E-state index in [4.69, 9.17) is 16.6 Å². The molecule has 0 saturated carbocycles. The molecule has 0 atom stereocenters. The maximum absolute atomic E-state index is 11.8. The van der Waals surface area contributed by atoms with Crippen molar-refractivity contribution in [1.82, 2.24) is 5.32 Å². The van der Waals surface area contributed by atoms with E-state index >= 15 is 0 Å². The Balaban J connectivity index is 2.29. The van der Waals surface area contributed by atoms with Crippen LogP contribution in [0.2, 0.25) is 0 Å². The molecular weight excluding hydrogens is 246 g/mol. The molecule has 0 bridgehead atoms. The van der Waals surface area contributed by atoms with Crippen LogP contribution >= 0.6 is 0 Å². The van der Waals surface area contributed by atoms with Crippen LogP contribution in [0.1, 0.15) is 36.0 Å². The van der Waals surface area contributed by atoms with E-state index in [1.807, 2.05) is 0 Å². The molecule has 0 spiro atoms. The third-order valence-corrected chi connectivity index (χ3v) is 2.59. The van der Waals surface area contributed by atoms with Gasteiger partial charge >= 0.3 is 5.97 Å². The van der Waals surface area contributed by atoms with Crippen LogP contribution < -0.4 is 16.8 Å². The summed E-state index contributed by atoms with van der Waals surface area (Å²) in [4.78, 5) is 22.1. The van der Waals surface area contributed by atoms with Crippen molar-refractivity contribution in [2.75, 3.05) is 18.0 Å². The van der Waals surface area contributed by atoms with E-state index in [1.165, 1.54) is 0 Å². The number of carbonyl (C=O) groups excluding carboxylic acids is 1. The Morgan fingerprint density at radius 1 is 1.05 bits per heavy atom. The molecule has 1 rings (SSSR count). The Morgan fingerprint density at radius 2 is 1.68 bits per heavy atom. The van der Waals surface area contributed by atoms with Gasteiger partial charge in [0, 0.05) is 29.9 Å². The number of rotatable bonds is 7. The van der Waals surface area contributed by atoms with Gasteiger partial charge in [0.2, 0.25) is 0 Å². The van der Waals surface area contributed by atoms with Crippen LogP contribution in [0.4, 0.5) is 11.4 Å². The van der Waals surface area contributed by atoms with Crippen molar-refractivity contribution in [1.29, 1.82) is 0 Å². The minimum atomic E-state index is -0.792. The number of carboxylic acids is 1. The van der Waals surface area contributed by atoms with E-state index in [2.05, 4.69) is 5.32 Å². The van der Waals surface area contributed by atoms with Crippen LogP contribution in [0.5, 0.6) is 0 Å². The highest BCUT2D eigenvalue weighted by Gasteiger charge is 2.06. The predicted octanol–water partition coefficient (Wildman–Crippen LogP) is 1.23. The number of nitrogen functional groups attached to an aromatic ring is 2. The van der Waals surface area contributed by atoms with Crippen molar-refractivity contribution in [2.24, 2.45) is 0 Å². The van der Waals surface area contributed by atoms with Gasteiger partial charge in [-0.05, 0) is 31.0 Å². The maximum Gasteiger partial charge on any atom is 0.303 e. The van der Waals surface area contributed by atoms with Gasteiger partial charge in [-0.3, -0.25) is 9.59 Å². The summed E-state index contributed by atoms with van der Waals surface area (Å²) < 4.78 is 0. The SMILES string of the molecule is Nc1cc(N)cc(C(=O)NCCCCCC(=O)O)c1. The molecule has 0 fully saturated rings. The first-order chi connectivity index (χ1) is 8.99. The zero-order valence-corrected chi connectivity index (χ0v) is 10.7. The molecule has 19 heavy (non-hydrogen) atoms. The van der Waals surface area contributed by atoms with Gasteiger partial charge < -0.3 is 21.9 Å². The Morgan fingerprint density at radius 3 is 2.26 bits per heavy atom. The van der Waals surface area contributed by atoms with Crippen LogP contribution in [0.15, 0.2) is 18.2 Å². The Hall–Kier alpha value is -2.24. The summed E-state index contributed by atoms with van der Waals surface area (Å²) in [5, 5.41) is 11.2. The van der Waals surface area contributed by atoms with E-state index in [0.717, 1.165) is 12.8 Å². The minimum Gasteiger partial charge on any atom is -0.481 e. The summed E-state index contributed by atoms with van der Waals surface area (Å²) in [6, 6.07) is 4.72. The van der Waals surface area contributed by atoms with E-state index in [9.17, 15) is 9.59 Å². The fraction of sp³-hybridized carbons (Fsp3) is 0.385. The number of nitrogens with one attached hydrogen (secondary N) is 1. The monoisotopic (exact) mass is 265 g/mol. The Labute approximate surface area is 111 Å². The lowest BCUT2D eigenvalue weighted by Crippen LogP contribution is -2.24. The number of amides is 1. The molecule has 104 valence electrons. The van der Waals surface area contributed by atoms with E-state index in [1.54, 1.807) is 18.2 Å². The fourth-order valence-electron chi connectivity index (χ4n) is 1.69. The van der Waals surface area contributed by atoms with Gasteiger partial charge in [0.05, 0.1) is 0 Å². The summed E-state index contributed by atoms with van der Waals surface area (Å²) >= 11 is 0. The van der Waals surface area contributed by atoms with Gasteiger partial charge in [-0.25, -0.2) is 0 Å². The third-order valence-electron chi connectivity index (χ3n) is 2.59. The summed E-state index contributed by atoms with van der Waals surface area (Å²) in [5.41, 5.74) is 12.5. The summed E-state index contributed by atoms with van der Waals surface area (Å²) in [7, 11) is 0. The van der Waals surface area contributed by atoms with Crippen LogP contribution in [-0.4, -0.2) is 23.5 Å². The van der Waals surface area contributed by atoms with Gasteiger partial charge in [0.1, 0.15) is 0 Å². The Bertz CT molecular complexity index is 440. The molecule has 1 aromatic rings. The van der Waals surface area contributed by atoms with Crippen molar-refractivity contribution in [3.8, 4) is 0 Å². The molecule has 0 heterocycles. The van der Waals surface area contributed by atoms with Crippen molar-refractivity contribution >= 4 is 23.3 Å². The van der Waals surface area contributed by atoms with Crippen molar-refractivity contribution < 1.29 is 14.7 Å². The van der Waals surface area contributed by atoms with Gasteiger partial charge in [-0.1, -0.05) is 6.42 Å². The third kappa shape index (κ3) is 5.76. The van der Waals surface area contributed by atoms with Crippen molar-refractivity contribution in [3.63, 3.8) is 0 Å². The maximum atomic E-state index is 11.8. The average Bonchev–Trinajstić information content (AvgIpc) is 2.31. The fourth-order valence-corrected chi connectivity index (χ4v) is 1.69. The molecule has 6 heteroatoms. The predicted molar refractivity (Wildman–Crippen MR) is 73.7 cm³/mol. The zero-order valence-electron chi connectivity index (χ0n) is 10.7. The molecule has 0 aliphatic rings. The summed E-state index contributed by atoms with van der Waals surface area (Å²) in [5.74, 6) is -1.02. The lowest BCUT2D eigenvalue weighted by molar-refractivity contribution is -0.137. The highest BCUT2D eigenvalue weighted by Crippen LogP contribution is 2.13. The number of carbonyl (C=O) groups is 2. The summed E-state index contributed by atoms with van der Waals surface area (Å²) in [6.45, 7) is 0.507. The number of benzene rings is 1. The molecule has 0 radical (unpaired) electrons. The first-order valence-corrected chi connectivity index (χ1v) is 6.15. The first-order valence-electron chi connectivity index (χ1n) is 6.15. The molecule has 1 aromatic carbocycles. The van der Waals surface area contributed by atoms with Gasteiger partial charge in [0.25, 0.3) is 5.91 Å². The van der Waals surface area contributed by atoms with E-state index in [0.29, 0.717) is 29.9 Å². The molecule has 0 saturated heterocycles. The number of hydrogen-bond donors (Lipinski definition) is 4. The topological polar surface area (TPSA) is 118 Å². The van der Waals surface area contributed by atoms with Gasteiger partial charge in [-0.15, -0.1) is 0 Å². The molecule has 0 unspecified atom stereocenters. The number of unbranched alkanes of at least 4 members (excludes halogenated alkanes) is 2. The lowest BCUT2D eigenvalue weighted by Gasteiger charge is -2.06. The van der Waals surface area contributed by atoms with Gasteiger partial charge in [0.15, 0.2) is 0 Å². The number of carboxylic acid groups (broad SMARTS) is 1. The molecule has 0 aromatic heterocycles. The average molecular weight is 265 g/mol. The van der Waals surface area contributed by atoms with Crippen molar-refractivity contribution in [2.45, 2.75) is 25.7 Å². The highest BCUT2D eigenvalue weighted by atomic mass is 16.4. The molecule has 6 N–H and O–H groups in total. The van der Waals surface area contributed by atoms with Crippen LogP contribution in [0.3, 0.4) is 0 Å². The number of aliphatic carboxylic acids is 1. The lowest BCUT2D eigenvalue weighted by atomic mass is 10.1. The van der Waals surface area contributed by atoms with Crippen LogP contribution in [0.25, 0.3) is 0 Å². The number of nitrogens with two attached hydrogens (primary N) is 2. The smallest absolute Gasteiger partial charge is 0.303 e. The molecule has 1 amide bonds. The summed E-state index contributed by atoms with van der Waals surface area (Å²) in [6.07, 6.45) is 2.30. The first kappa shape index (κ1) is 14.8. The molecule has 6 nitrogen and oxygen atoms in total. The second-order valence-corrected chi connectivity index (χ2v) is 4.35. The van der Waals surface area contributed by atoms with Crippen molar-refractivity contribution in [3.05, 3.63) is 23.8 Å². The normalized spacial score (nSPS) is 10.1. The zero-order chi connectivity index (χ0) is 14.3. The second-order valence-electron chi connectivity index (χ2n) is 4.35. The molecule has 0 aliphatic carbocycles. The molecular formula is C13H19N3O3. The minimum absolute atomic E-state index is 0.166. The van der Waals surface area contributed by atoms with Gasteiger partial charge in [-0.2, -0.15) is 0 Å².